The van der Waals surface area contributed by atoms with Gasteiger partial charge in [0.25, 0.3) is 0 Å². The molecule has 20 heavy (non-hydrogen) atoms. The van der Waals surface area contributed by atoms with Crippen LogP contribution in [0.1, 0.15) is 36.2 Å². The van der Waals surface area contributed by atoms with Crippen LogP contribution in [0.3, 0.4) is 0 Å². The molecule has 0 spiro atoms. The Morgan fingerprint density at radius 2 is 2.20 bits per heavy atom. The molecule has 1 atom stereocenters. The van der Waals surface area contributed by atoms with Gasteiger partial charge in [0.15, 0.2) is 4.60 Å². The van der Waals surface area contributed by atoms with E-state index in [0.717, 1.165) is 24.2 Å². The molecule has 2 rings (SSSR count). The predicted molar refractivity (Wildman–Crippen MR) is 80.0 cm³/mol. The standard InChI is InChI=1S/C14H18BrFN4/c1-4-7-17-12(13-14(15)18-19-20(13)3)10-5-6-11(16)9(2)8-10/h5-6,8,12,17H,4,7H2,1-3H3. The van der Waals surface area contributed by atoms with Crippen LogP contribution in [0.5, 0.6) is 0 Å². The van der Waals surface area contributed by atoms with E-state index in [-0.39, 0.29) is 11.9 Å². The van der Waals surface area contributed by atoms with Gasteiger partial charge in [0.05, 0.1) is 11.7 Å². The average Bonchev–Trinajstić information content (AvgIpc) is 2.75. The minimum atomic E-state index is -0.190. The van der Waals surface area contributed by atoms with Gasteiger partial charge in [-0.1, -0.05) is 24.3 Å². The molecule has 1 unspecified atom stereocenters. The van der Waals surface area contributed by atoms with Crippen LogP contribution in [0.4, 0.5) is 4.39 Å². The zero-order valence-corrected chi connectivity index (χ0v) is 13.4. The van der Waals surface area contributed by atoms with E-state index in [4.69, 9.17) is 0 Å². The van der Waals surface area contributed by atoms with E-state index in [2.05, 4.69) is 38.5 Å². The Morgan fingerprint density at radius 1 is 1.45 bits per heavy atom. The van der Waals surface area contributed by atoms with Crippen molar-refractivity contribution in [2.75, 3.05) is 6.54 Å². The number of aromatic nitrogens is 3. The van der Waals surface area contributed by atoms with Crippen LogP contribution in [0.25, 0.3) is 0 Å². The summed E-state index contributed by atoms with van der Waals surface area (Å²) in [5, 5.41) is 11.5. The third-order valence-corrected chi connectivity index (χ3v) is 3.78. The Bertz CT molecular complexity index is 577. The van der Waals surface area contributed by atoms with Crippen molar-refractivity contribution < 1.29 is 4.39 Å². The molecule has 0 aliphatic carbocycles. The van der Waals surface area contributed by atoms with Gasteiger partial charge in [-0.2, -0.15) is 0 Å². The molecule has 1 aromatic heterocycles. The number of nitrogens with one attached hydrogen (secondary N) is 1. The first kappa shape index (κ1) is 15.1. The van der Waals surface area contributed by atoms with Crippen molar-refractivity contribution in [3.63, 3.8) is 0 Å². The van der Waals surface area contributed by atoms with Crippen molar-refractivity contribution in [1.82, 2.24) is 20.3 Å². The maximum Gasteiger partial charge on any atom is 0.153 e. The quantitative estimate of drug-likeness (QED) is 0.909. The van der Waals surface area contributed by atoms with Crippen molar-refractivity contribution in [2.24, 2.45) is 7.05 Å². The summed E-state index contributed by atoms with van der Waals surface area (Å²) < 4.78 is 15.9. The third kappa shape index (κ3) is 3.07. The Labute approximate surface area is 126 Å². The summed E-state index contributed by atoms with van der Waals surface area (Å²) >= 11 is 3.43. The molecule has 108 valence electrons. The van der Waals surface area contributed by atoms with E-state index in [9.17, 15) is 4.39 Å². The lowest BCUT2D eigenvalue weighted by molar-refractivity contribution is 0.547. The fraction of sp³-hybridized carbons (Fsp3) is 0.429. The van der Waals surface area contributed by atoms with Crippen LogP contribution in [-0.4, -0.2) is 21.5 Å². The summed E-state index contributed by atoms with van der Waals surface area (Å²) in [6, 6.07) is 5.10. The van der Waals surface area contributed by atoms with E-state index in [1.807, 2.05) is 13.1 Å². The zero-order valence-electron chi connectivity index (χ0n) is 11.8. The van der Waals surface area contributed by atoms with Gasteiger partial charge in [-0.05, 0) is 53.0 Å². The Balaban J connectivity index is 2.44. The highest BCUT2D eigenvalue weighted by Crippen LogP contribution is 2.27. The van der Waals surface area contributed by atoms with Crippen molar-refractivity contribution >= 4 is 15.9 Å². The molecule has 4 nitrogen and oxygen atoms in total. The molecule has 0 bridgehead atoms. The Kier molecular flexibility index (Phi) is 4.88. The molecular formula is C14H18BrFN4. The van der Waals surface area contributed by atoms with Crippen molar-refractivity contribution in [3.05, 3.63) is 45.4 Å². The second-order valence-electron chi connectivity index (χ2n) is 4.78. The van der Waals surface area contributed by atoms with Gasteiger partial charge < -0.3 is 5.32 Å². The molecule has 0 aliphatic heterocycles. The molecule has 6 heteroatoms. The largest absolute Gasteiger partial charge is 0.305 e. The zero-order chi connectivity index (χ0) is 14.7. The topological polar surface area (TPSA) is 42.7 Å². The minimum absolute atomic E-state index is 0.0661. The first-order valence-corrected chi connectivity index (χ1v) is 7.38. The monoisotopic (exact) mass is 340 g/mol. The molecule has 1 heterocycles. The van der Waals surface area contributed by atoms with Crippen LogP contribution in [0.2, 0.25) is 0 Å². The van der Waals surface area contributed by atoms with Crippen molar-refractivity contribution in [2.45, 2.75) is 26.3 Å². The van der Waals surface area contributed by atoms with E-state index in [1.54, 1.807) is 17.7 Å². The van der Waals surface area contributed by atoms with Gasteiger partial charge in [0.2, 0.25) is 0 Å². The number of rotatable bonds is 5. The smallest absolute Gasteiger partial charge is 0.153 e. The highest BCUT2D eigenvalue weighted by molar-refractivity contribution is 9.10. The lowest BCUT2D eigenvalue weighted by Crippen LogP contribution is -2.25. The molecule has 2 aromatic rings. The normalized spacial score (nSPS) is 12.7. The summed E-state index contributed by atoms with van der Waals surface area (Å²) in [5.41, 5.74) is 2.57. The van der Waals surface area contributed by atoms with Crippen LogP contribution < -0.4 is 5.32 Å². The molecule has 0 fully saturated rings. The first-order valence-electron chi connectivity index (χ1n) is 6.59. The van der Waals surface area contributed by atoms with Crippen LogP contribution in [0, 0.1) is 12.7 Å². The number of hydrogen-bond acceptors (Lipinski definition) is 3. The van der Waals surface area contributed by atoms with Crippen LogP contribution >= 0.6 is 15.9 Å². The number of nitrogens with zero attached hydrogens (tertiary/aromatic N) is 3. The van der Waals surface area contributed by atoms with Gasteiger partial charge in [-0.15, -0.1) is 5.10 Å². The van der Waals surface area contributed by atoms with Gasteiger partial charge in [-0.3, -0.25) is 0 Å². The summed E-state index contributed by atoms with van der Waals surface area (Å²) in [5.74, 6) is -0.190. The first-order chi connectivity index (χ1) is 9.54. The Morgan fingerprint density at radius 3 is 2.75 bits per heavy atom. The molecule has 0 saturated carbocycles. The Hall–Kier alpha value is -1.27. The lowest BCUT2D eigenvalue weighted by Gasteiger charge is -2.20. The lowest BCUT2D eigenvalue weighted by atomic mass is 10.0. The second-order valence-corrected chi connectivity index (χ2v) is 5.54. The number of halogens is 2. The van der Waals surface area contributed by atoms with Crippen LogP contribution in [-0.2, 0) is 7.05 Å². The summed E-state index contributed by atoms with van der Waals surface area (Å²) in [4.78, 5) is 0. The fourth-order valence-electron chi connectivity index (χ4n) is 2.15. The van der Waals surface area contributed by atoms with Gasteiger partial charge in [0.1, 0.15) is 5.82 Å². The number of hydrogen-bond donors (Lipinski definition) is 1. The molecule has 0 amide bonds. The fourth-order valence-corrected chi connectivity index (χ4v) is 2.71. The number of aryl methyl sites for hydroxylation is 2. The van der Waals surface area contributed by atoms with E-state index in [1.165, 1.54) is 6.07 Å². The summed E-state index contributed by atoms with van der Waals surface area (Å²) in [6.07, 6.45) is 1.01. The molecule has 0 radical (unpaired) electrons. The minimum Gasteiger partial charge on any atom is -0.305 e. The molecule has 1 aromatic carbocycles. The van der Waals surface area contributed by atoms with Crippen LogP contribution in [0.15, 0.2) is 22.8 Å². The predicted octanol–water partition coefficient (Wildman–Crippen LogP) is 3.11. The molecular weight excluding hydrogens is 323 g/mol. The summed E-state index contributed by atoms with van der Waals surface area (Å²) in [6.45, 7) is 4.74. The highest BCUT2D eigenvalue weighted by atomic mass is 79.9. The van der Waals surface area contributed by atoms with Crippen molar-refractivity contribution in [3.8, 4) is 0 Å². The second kappa shape index (κ2) is 6.45. The molecule has 1 N–H and O–H groups in total. The number of benzene rings is 1. The maximum atomic E-state index is 13.5. The van der Waals surface area contributed by atoms with Gasteiger partial charge in [0, 0.05) is 7.05 Å². The highest BCUT2D eigenvalue weighted by Gasteiger charge is 2.21. The summed E-state index contributed by atoms with van der Waals surface area (Å²) in [7, 11) is 1.85. The maximum absolute atomic E-state index is 13.5. The van der Waals surface area contributed by atoms with E-state index < -0.39 is 0 Å². The average molecular weight is 341 g/mol. The van der Waals surface area contributed by atoms with E-state index in [0.29, 0.717) is 10.2 Å². The van der Waals surface area contributed by atoms with Crippen molar-refractivity contribution in [1.29, 1.82) is 0 Å². The third-order valence-electron chi connectivity index (χ3n) is 3.21. The van der Waals surface area contributed by atoms with Gasteiger partial charge >= 0.3 is 0 Å². The SMILES string of the molecule is CCCNC(c1ccc(F)c(C)c1)c1c(Br)nnn1C. The molecule has 0 saturated heterocycles. The van der Waals surface area contributed by atoms with Gasteiger partial charge in [-0.25, -0.2) is 9.07 Å². The van der Waals surface area contributed by atoms with E-state index >= 15 is 0 Å². The molecule has 0 aliphatic rings.